The first-order chi connectivity index (χ1) is 7.56. The van der Waals surface area contributed by atoms with Gasteiger partial charge in [0.1, 0.15) is 0 Å². The number of hydrogen-bond donors (Lipinski definition) is 2. The summed E-state index contributed by atoms with van der Waals surface area (Å²) in [6, 6.07) is 5.65. The van der Waals surface area contributed by atoms with Gasteiger partial charge < -0.3 is 16.0 Å². The second kappa shape index (κ2) is 5.72. The zero-order valence-electron chi connectivity index (χ0n) is 9.46. The molecule has 3 N–H and O–H groups in total. The smallest absolute Gasteiger partial charge is 0.236 e. The lowest BCUT2D eigenvalue weighted by Gasteiger charge is -2.22. The quantitative estimate of drug-likeness (QED) is 0.808. The van der Waals surface area contributed by atoms with Crippen LogP contribution in [0.1, 0.15) is 5.56 Å². The van der Waals surface area contributed by atoms with Crippen LogP contribution in [0.25, 0.3) is 0 Å². The number of carbonyl (C=O) groups is 1. The van der Waals surface area contributed by atoms with Crippen molar-refractivity contribution in [2.24, 2.45) is 5.73 Å². The van der Waals surface area contributed by atoms with Gasteiger partial charge in [0.25, 0.3) is 0 Å². The van der Waals surface area contributed by atoms with E-state index in [1.54, 1.807) is 18.0 Å². The topological polar surface area (TPSA) is 58.4 Å². The molecule has 0 saturated heterocycles. The fourth-order valence-corrected chi connectivity index (χ4v) is 1.97. The molecule has 0 radical (unpaired) electrons. The standard InChI is InChI=1S/C11H16ClN3O/c1-14-6-8-4-3-5-9(12)11(8)15(2)7-10(13)16/h3-5,14H,6-7H2,1-2H3,(H2,13,16). The molecule has 16 heavy (non-hydrogen) atoms. The van der Waals surface area contributed by atoms with E-state index < -0.39 is 0 Å². The number of benzene rings is 1. The van der Waals surface area contributed by atoms with Gasteiger partial charge in [-0.1, -0.05) is 23.7 Å². The van der Waals surface area contributed by atoms with Crippen molar-refractivity contribution in [2.75, 3.05) is 25.5 Å². The molecule has 1 amide bonds. The zero-order valence-corrected chi connectivity index (χ0v) is 10.2. The number of likely N-dealkylation sites (N-methyl/N-ethyl adjacent to an activating group) is 1. The van der Waals surface area contributed by atoms with E-state index in [4.69, 9.17) is 17.3 Å². The van der Waals surface area contributed by atoms with Gasteiger partial charge in [-0.3, -0.25) is 4.79 Å². The molecule has 0 unspecified atom stereocenters. The summed E-state index contributed by atoms with van der Waals surface area (Å²) in [4.78, 5) is 12.6. The van der Waals surface area contributed by atoms with E-state index in [0.717, 1.165) is 11.3 Å². The molecule has 0 aliphatic carbocycles. The highest BCUT2D eigenvalue weighted by molar-refractivity contribution is 6.33. The van der Waals surface area contributed by atoms with Gasteiger partial charge >= 0.3 is 0 Å². The van der Waals surface area contributed by atoms with Gasteiger partial charge in [-0.25, -0.2) is 0 Å². The van der Waals surface area contributed by atoms with Crippen molar-refractivity contribution in [1.82, 2.24) is 5.32 Å². The van der Waals surface area contributed by atoms with Crippen LogP contribution in [0.2, 0.25) is 5.02 Å². The molecule has 1 aromatic rings. The third-order valence-corrected chi connectivity index (χ3v) is 2.52. The van der Waals surface area contributed by atoms with E-state index in [9.17, 15) is 4.79 Å². The summed E-state index contributed by atoms with van der Waals surface area (Å²) in [6.07, 6.45) is 0. The minimum Gasteiger partial charge on any atom is -0.368 e. The maximum atomic E-state index is 10.9. The van der Waals surface area contributed by atoms with Crippen molar-refractivity contribution in [2.45, 2.75) is 6.54 Å². The molecule has 0 bridgehead atoms. The lowest BCUT2D eigenvalue weighted by molar-refractivity contribution is -0.116. The third-order valence-electron chi connectivity index (χ3n) is 2.21. The van der Waals surface area contributed by atoms with Crippen LogP contribution in [-0.4, -0.2) is 26.5 Å². The lowest BCUT2D eigenvalue weighted by atomic mass is 10.1. The summed E-state index contributed by atoms with van der Waals surface area (Å²) in [6.45, 7) is 0.847. The monoisotopic (exact) mass is 241 g/mol. The first-order valence-corrected chi connectivity index (χ1v) is 5.35. The molecular weight excluding hydrogens is 226 g/mol. The molecule has 5 heteroatoms. The molecular formula is C11H16ClN3O. The summed E-state index contributed by atoms with van der Waals surface area (Å²) >= 11 is 6.12. The van der Waals surface area contributed by atoms with Crippen molar-refractivity contribution in [1.29, 1.82) is 0 Å². The molecule has 0 fully saturated rings. The van der Waals surface area contributed by atoms with E-state index in [2.05, 4.69) is 5.32 Å². The number of rotatable bonds is 5. The van der Waals surface area contributed by atoms with Crippen LogP contribution in [-0.2, 0) is 11.3 Å². The third kappa shape index (κ3) is 3.12. The molecule has 1 rings (SSSR count). The average Bonchev–Trinajstić information content (AvgIpc) is 2.16. The van der Waals surface area contributed by atoms with E-state index in [1.165, 1.54) is 0 Å². The summed E-state index contributed by atoms with van der Waals surface area (Å²) in [7, 11) is 3.66. The normalized spacial score (nSPS) is 10.2. The van der Waals surface area contributed by atoms with Crippen molar-refractivity contribution < 1.29 is 4.79 Å². The van der Waals surface area contributed by atoms with E-state index in [1.807, 2.05) is 19.2 Å². The maximum Gasteiger partial charge on any atom is 0.236 e. The number of primary amides is 1. The van der Waals surface area contributed by atoms with Gasteiger partial charge in [0.15, 0.2) is 0 Å². The van der Waals surface area contributed by atoms with Crippen LogP contribution in [0.15, 0.2) is 18.2 Å². The number of para-hydroxylation sites is 1. The van der Waals surface area contributed by atoms with Gasteiger partial charge in [0.05, 0.1) is 17.3 Å². The molecule has 0 atom stereocenters. The number of nitrogens with one attached hydrogen (secondary N) is 1. The van der Waals surface area contributed by atoms with Gasteiger partial charge in [-0.2, -0.15) is 0 Å². The molecule has 88 valence electrons. The maximum absolute atomic E-state index is 10.9. The van der Waals surface area contributed by atoms with Crippen LogP contribution < -0.4 is 16.0 Å². The zero-order chi connectivity index (χ0) is 12.1. The van der Waals surface area contributed by atoms with Gasteiger partial charge in [0, 0.05) is 13.6 Å². The average molecular weight is 242 g/mol. The second-order valence-corrected chi connectivity index (χ2v) is 4.01. The Morgan fingerprint density at radius 2 is 2.25 bits per heavy atom. The van der Waals surface area contributed by atoms with E-state index in [0.29, 0.717) is 11.6 Å². The van der Waals surface area contributed by atoms with Gasteiger partial charge in [-0.05, 0) is 18.7 Å². The molecule has 4 nitrogen and oxygen atoms in total. The van der Waals surface area contributed by atoms with Crippen LogP contribution in [0.3, 0.4) is 0 Å². The van der Waals surface area contributed by atoms with Gasteiger partial charge in [-0.15, -0.1) is 0 Å². The number of carbonyl (C=O) groups excluding carboxylic acids is 1. The Labute approximate surface area is 100 Å². The number of hydrogen-bond acceptors (Lipinski definition) is 3. The number of nitrogens with two attached hydrogens (primary N) is 1. The molecule has 1 aromatic carbocycles. The van der Waals surface area contributed by atoms with Crippen LogP contribution in [0.4, 0.5) is 5.69 Å². The molecule has 0 aliphatic rings. The van der Waals surface area contributed by atoms with E-state index in [-0.39, 0.29) is 12.5 Å². The molecule has 0 spiro atoms. The summed E-state index contributed by atoms with van der Waals surface area (Å²) < 4.78 is 0. The predicted molar refractivity (Wildman–Crippen MR) is 66.7 cm³/mol. The summed E-state index contributed by atoms with van der Waals surface area (Å²) in [5, 5.41) is 3.68. The Morgan fingerprint density at radius 1 is 1.56 bits per heavy atom. The lowest BCUT2D eigenvalue weighted by Crippen LogP contribution is -2.31. The first kappa shape index (κ1) is 12.8. The minimum absolute atomic E-state index is 0.153. The van der Waals surface area contributed by atoms with Gasteiger partial charge in [0.2, 0.25) is 5.91 Å². The summed E-state index contributed by atoms with van der Waals surface area (Å²) in [5.74, 6) is -0.377. The van der Waals surface area contributed by atoms with Crippen molar-refractivity contribution in [3.63, 3.8) is 0 Å². The van der Waals surface area contributed by atoms with E-state index >= 15 is 0 Å². The highest BCUT2D eigenvalue weighted by atomic mass is 35.5. The SMILES string of the molecule is CNCc1cccc(Cl)c1N(C)CC(N)=O. The molecule has 0 saturated carbocycles. The number of amides is 1. The Bertz CT molecular complexity index is 381. The number of anilines is 1. The van der Waals surface area contributed by atoms with Crippen LogP contribution in [0.5, 0.6) is 0 Å². The Kier molecular flexibility index (Phi) is 4.58. The van der Waals surface area contributed by atoms with Crippen LogP contribution >= 0.6 is 11.6 Å². The summed E-state index contributed by atoms with van der Waals surface area (Å²) in [5.41, 5.74) is 7.05. The molecule has 0 heterocycles. The highest BCUT2D eigenvalue weighted by Crippen LogP contribution is 2.28. The fraction of sp³-hybridized carbons (Fsp3) is 0.364. The first-order valence-electron chi connectivity index (χ1n) is 4.97. The molecule has 0 aromatic heterocycles. The largest absolute Gasteiger partial charge is 0.368 e. The highest BCUT2D eigenvalue weighted by Gasteiger charge is 2.12. The fourth-order valence-electron chi connectivity index (χ4n) is 1.63. The van der Waals surface area contributed by atoms with Crippen molar-refractivity contribution in [3.05, 3.63) is 28.8 Å². The second-order valence-electron chi connectivity index (χ2n) is 3.60. The molecule has 0 aliphatic heterocycles. The van der Waals surface area contributed by atoms with Crippen molar-refractivity contribution in [3.8, 4) is 0 Å². The minimum atomic E-state index is -0.377. The predicted octanol–water partition coefficient (Wildman–Crippen LogP) is 0.981. The number of nitrogens with zero attached hydrogens (tertiary/aromatic N) is 1. The van der Waals surface area contributed by atoms with Crippen molar-refractivity contribution >= 4 is 23.2 Å². The van der Waals surface area contributed by atoms with Crippen LogP contribution in [0, 0.1) is 0 Å². The Balaban J connectivity index is 3.03. The number of halogens is 1. The Hall–Kier alpha value is -1.26. The Morgan fingerprint density at radius 3 is 2.81 bits per heavy atom.